The number of H-pyrrole nitrogens is 1. The topological polar surface area (TPSA) is 73.4 Å². The second kappa shape index (κ2) is 8.67. The van der Waals surface area contributed by atoms with E-state index in [2.05, 4.69) is 4.98 Å². The molecule has 3 aromatic carbocycles. The fourth-order valence-electron chi connectivity index (χ4n) is 4.65. The highest BCUT2D eigenvalue weighted by molar-refractivity contribution is 6.46. The van der Waals surface area contributed by atoms with Crippen LogP contribution < -0.4 is 0 Å². The van der Waals surface area contributed by atoms with Crippen LogP contribution in [0.5, 0.6) is 0 Å². The third-order valence-electron chi connectivity index (χ3n) is 6.56. The number of likely N-dealkylation sites (tertiary alicyclic amines) is 1. The molecule has 0 bridgehead atoms. The van der Waals surface area contributed by atoms with Crippen LogP contribution in [0.15, 0.2) is 84.6 Å². The minimum absolute atomic E-state index is 0.136. The van der Waals surface area contributed by atoms with Crippen LogP contribution in [0.3, 0.4) is 0 Å². The number of fused-ring (bicyclic) bond motifs is 1. The fraction of sp³-hybridized carbons (Fsp3) is 0.172. The summed E-state index contributed by atoms with van der Waals surface area (Å²) in [6.45, 7) is 4.31. The van der Waals surface area contributed by atoms with E-state index in [1.807, 2.05) is 80.7 Å². The smallest absolute Gasteiger partial charge is 0.295 e. The number of ketones is 1. The summed E-state index contributed by atoms with van der Waals surface area (Å²) in [5.41, 5.74) is 5.71. The van der Waals surface area contributed by atoms with Crippen LogP contribution in [-0.4, -0.2) is 33.2 Å². The Balaban J connectivity index is 1.56. The van der Waals surface area contributed by atoms with Gasteiger partial charge in [0.1, 0.15) is 5.76 Å². The second-order valence-electron chi connectivity index (χ2n) is 8.88. The first-order valence-corrected chi connectivity index (χ1v) is 11.4. The molecule has 1 fully saturated rings. The van der Waals surface area contributed by atoms with E-state index in [-0.39, 0.29) is 11.3 Å². The summed E-state index contributed by atoms with van der Waals surface area (Å²) in [7, 11) is 0. The maximum Gasteiger partial charge on any atom is 0.295 e. The Kier molecular flexibility index (Phi) is 5.54. The zero-order chi connectivity index (χ0) is 23.8. The largest absolute Gasteiger partial charge is 0.507 e. The lowest BCUT2D eigenvalue weighted by molar-refractivity contribution is -0.139. The summed E-state index contributed by atoms with van der Waals surface area (Å²) >= 11 is 0. The molecule has 1 atom stereocenters. The minimum atomic E-state index is -0.650. The number of aryl methyl sites for hydroxylation is 2. The first kappa shape index (κ1) is 21.7. The van der Waals surface area contributed by atoms with Crippen molar-refractivity contribution in [3.8, 4) is 0 Å². The molecule has 34 heavy (non-hydrogen) atoms. The molecule has 0 aliphatic carbocycles. The van der Waals surface area contributed by atoms with E-state index < -0.39 is 17.7 Å². The summed E-state index contributed by atoms with van der Waals surface area (Å²) < 4.78 is 0. The Morgan fingerprint density at radius 1 is 0.912 bits per heavy atom. The Morgan fingerprint density at radius 3 is 2.26 bits per heavy atom. The molecule has 5 heteroatoms. The Bertz CT molecular complexity index is 1410. The molecule has 2 heterocycles. The van der Waals surface area contributed by atoms with E-state index >= 15 is 0 Å². The molecule has 5 nitrogen and oxygen atoms in total. The van der Waals surface area contributed by atoms with E-state index in [1.165, 1.54) is 0 Å². The van der Waals surface area contributed by atoms with Crippen molar-refractivity contribution >= 4 is 28.4 Å². The van der Waals surface area contributed by atoms with Gasteiger partial charge in [-0.3, -0.25) is 9.59 Å². The maximum absolute atomic E-state index is 13.2. The molecule has 0 unspecified atom stereocenters. The molecule has 0 saturated carbocycles. The van der Waals surface area contributed by atoms with Gasteiger partial charge < -0.3 is 15.0 Å². The van der Waals surface area contributed by atoms with E-state index in [4.69, 9.17) is 0 Å². The highest BCUT2D eigenvalue weighted by atomic mass is 16.3. The Hall–Kier alpha value is -4.12. The number of Topliss-reactive ketones (excluding diaryl/α,β-unsaturated/α-hetero) is 1. The standard InChI is InChI=1S/C29H26N2O3/c1-18-7-11-20(12-8-18)26-25(27(32)21-13-9-19(2)10-14-21)28(33)29(34)31(26)16-15-22-17-30-24-6-4-3-5-23(22)24/h3-14,17,26,30,32H,15-16H2,1-2H3/t26-/m0/s1. The fourth-order valence-corrected chi connectivity index (χ4v) is 4.65. The Labute approximate surface area is 198 Å². The van der Waals surface area contributed by atoms with Crippen LogP contribution in [-0.2, 0) is 16.0 Å². The number of aromatic amines is 1. The number of rotatable bonds is 5. The number of para-hydroxylation sites is 1. The van der Waals surface area contributed by atoms with Gasteiger partial charge in [0.15, 0.2) is 0 Å². The SMILES string of the molecule is Cc1ccc(C(O)=C2C(=O)C(=O)N(CCc3c[nH]c4ccccc34)[C@H]2c2ccc(C)cc2)cc1. The van der Waals surface area contributed by atoms with Gasteiger partial charge in [-0.05, 0) is 37.5 Å². The number of benzene rings is 3. The van der Waals surface area contributed by atoms with Gasteiger partial charge in [0, 0.05) is 29.2 Å². The molecule has 1 amide bonds. The lowest BCUT2D eigenvalue weighted by Gasteiger charge is -2.25. The van der Waals surface area contributed by atoms with Crippen molar-refractivity contribution in [1.82, 2.24) is 9.88 Å². The molecular weight excluding hydrogens is 424 g/mol. The predicted octanol–water partition coefficient (Wildman–Crippen LogP) is 5.45. The number of aliphatic hydroxyl groups is 1. The molecule has 0 spiro atoms. The molecule has 1 aromatic heterocycles. The van der Waals surface area contributed by atoms with Crippen molar-refractivity contribution in [1.29, 1.82) is 0 Å². The Morgan fingerprint density at radius 2 is 1.56 bits per heavy atom. The summed E-state index contributed by atoms with van der Waals surface area (Å²) in [5, 5.41) is 12.3. The molecule has 170 valence electrons. The third kappa shape index (κ3) is 3.79. The molecule has 5 rings (SSSR count). The third-order valence-corrected chi connectivity index (χ3v) is 6.56. The lowest BCUT2D eigenvalue weighted by Crippen LogP contribution is -2.31. The van der Waals surface area contributed by atoms with Crippen LogP contribution in [0, 0.1) is 13.8 Å². The van der Waals surface area contributed by atoms with E-state index in [0.717, 1.165) is 33.2 Å². The van der Waals surface area contributed by atoms with Gasteiger partial charge in [0.2, 0.25) is 0 Å². The predicted molar refractivity (Wildman–Crippen MR) is 133 cm³/mol. The number of hydrogen-bond donors (Lipinski definition) is 2. The number of hydrogen-bond acceptors (Lipinski definition) is 3. The zero-order valence-electron chi connectivity index (χ0n) is 19.2. The minimum Gasteiger partial charge on any atom is -0.507 e. The van der Waals surface area contributed by atoms with E-state index in [9.17, 15) is 14.7 Å². The normalized spacial score (nSPS) is 17.6. The van der Waals surface area contributed by atoms with Gasteiger partial charge in [-0.2, -0.15) is 0 Å². The van der Waals surface area contributed by atoms with Crippen molar-refractivity contribution in [2.45, 2.75) is 26.3 Å². The number of aliphatic hydroxyl groups excluding tert-OH is 1. The van der Waals surface area contributed by atoms with Gasteiger partial charge >= 0.3 is 0 Å². The second-order valence-corrected chi connectivity index (χ2v) is 8.88. The van der Waals surface area contributed by atoms with Crippen molar-refractivity contribution in [2.24, 2.45) is 0 Å². The van der Waals surface area contributed by atoms with E-state index in [1.54, 1.807) is 17.0 Å². The van der Waals surface area contributed by atoms with Gasteiger partial charge in [-0.25, -0.2) is 0 Å². The van der Waals surface area contributed by atoms with Crippen molar-refractivity contribution < 1.29 is 14.7 Å². The molecule has 1 saturated heterocycles. The van der Waals surface area contributed by atoms with Crippen LogP contribution >= 0.6 is 0 Å². The monoisotopic (exact) mass is 450 g/mol. The average molecular weight is 451 g/mol. The zero-order valence-corrected chi connectivity index (χ0v) is 19.2. The quantitative estimate of drug-likeness (QED) is 0.241. The lowest BCUT2D eigenvalue weighted by atomic mass is 9.94. The summed E-state index contributed by atoms with van der Waals surface area (Å²) in [5.74, 6) is -1.37. The van der Waals surface area contributed by atoms with Crippen molar-refractivity contribution in [3.05, 3.63) is 112 Å². The van der Waals surface area contributed by atoms with Crippen molar-refractivity contribution in [3.63, 3.8) is 0 Å². The summed E-state index contributed by atoms with van der Waals surface area (Å²) in [6.07, 6.45) is 2.54. The molecule has 1 aliphatic heterocycles. The first-order valence-electron chi connectivity index (χ1n) is 11.4. The number of amides is 1. The molecule has 1 aliphatic rings. The van der Waals surface area contributed by atoms with Gasteiger partial charge in [0.05, 0.1) is 11.6 Å². The van der Waals surface area contributed by atoms with Crippen LogP contribution in [0.4, 0.5) is 0 Å². The maximum atomic E-state index is 13.2. The number of carbonyl (C=O) groups excluding carboxylic acids is 2. The number of nitrogens with one attached hydrogen (secondary N) is 1. The highest BCUT2D eigenvalue weighted by Crippen LogP contribution is 2.39. The van der Waals surface area contributed by atoms with E-state index in [0.29, 0.717) is 18.5 Å². The summed E-state index contributed by atoms with van der Waals surface area (Å²) in [4.78, 5) is 31.3. The number of nitrogens with zero attached hydrogens (tertiary/aromatic N) is 1. The van der Waals surface area contributed by atoms with Gasteiger partial charge in [0.25, 0.3) is 11.7 Å². The van der Waals surface area contributed by atoms with Crippen LogP contribution in [0.2, 0.25) is 0 Å². The molecule has 4 aromatic rings. The molecular formula is C29H26N2O3. The van der Waals surface area contributed by atoms with Crippen LogP contribution in [0.1, 0.15) is 33.9 Å². The summed E-state index contributed by atoms with van der Waals surface area (Å²) in [6, 6.07) is 22.4. The van der Waals surface area contributed by atoms with Crippen molar-refractivity contribution in [2.75, 3.05) is 6.54 Å². The number of carbonyl (C=O) groups is 2. The average Bonchev–Trinajstić information content (AvgIpc) is 3.37. The van der Waals surface area contributed by atoms with Crippen LogP contribution in [0.25, 0.3) is 16.7 Å². The highest BCUT2D eigenvalue weighted by Gasteiger charge is 2.45. The first-order chi connectivity index (χ1) is 16.4. The molecule has 0 radical (unpaired) electrons. The van der Waals surface area contributed by atoms with Gasteiger partial charge in [-0.1, -0.05) is 77.9 Å². The van der Waals surface area contributed by atoms with Gasteiger partial charge in [-0.15, -0.1) is 0 Å². The molecule has 2 N–H and O–H groups in total. The number of aromatic nitrogens is 1.